The fourth-order valence-corrected chi connectivity index (χ4v) is 3.88. The summed E-state index contributed by atoms with van der Waals surface area (Å²) >= 11 is 7.57. The molecule has 27 heavy (non-hydrogen) atoms. The molecule has 3 aromatic rings. The highest BCUT2D eigenvalue weighted by Crippen LogP contribution is 2.33. The second kappa shape index (κ2) is 8.37. The van der Waals surface area contributed by atoms with E-state index in [1.807, 2.05) is 13.0 Å². The summed E-state index contributed by atoms with van der Waals surface area (Å²) in [5.74, 6) is -0.0710. The van der Waals surface area contributed by atoms with Gasteiger partial charge in [-0.2, -0.15) is 0 Å². The van der Waals surface area contributed by atoms with E-state index in [4.69, 9.17) is 16.3 Å². The maximum absolute atomic E-state index is 13.0. The Morgan fingerprint density at radius 2 is 1.70 bits per heavy atom. The molecule has 0 aliphatic carbocycles. The van der Waals surface area contributed by atoms with Gasteiger partial charge >= 0.3 is 0 Å². The first-order valence-electron chi connectivity index (χ1n) is 8.41. The lowest BCUT2D eigenvalue weighted by molar-refractivity contribution is 0.102. The van der Waals surface area contributed by atoms with Gasteiger partial charge in [-0.05, 0) is 36.8 Å². The molecule has 1 aromatic heterocycles. The molecule has 0 aliphatic heterocycles. The molecule has 138 valence electrons. The van der Waals surface area contributed by atoms with E-state index in [-0.39, 0.29) is 11.7 Å². The third-order valence-electron chi connectivity index (χ3n) is 4.07. The third kappa shape index (κ3) is 4.04. The molecule has 1 N–H and O–H groups in total. The molecule has 6 heteroatoms. The monoisotopic (exact) mass is 399 g/mol. The van der Waals surface area contributed by atoms with Crippen LogP contribution in [0.15, 0.2) is 54.6 Å². The van der Waals surface area contributed by atoms with Crippen molar-refractivity contribution >= 4 is 39.6 Å². The lowest BCUT2D eigenvalue weighted by Crippen LogP contribution is -2.14. The van der Waals surface area contributed by atoms with E-state index in [1.165, 1.54) is 18.4 Å². The molecule has 0 atom stereocenters. The van der Waals surface area contributed by atoms with Crippen molar-refractivity contribution in [3.8, 4) is 5.75 Å². The summed E-state index contributed by atoms with van der Waals surface area (Å²) < 4.78 is 5.25. The number of rotatable bonds is 6. The van der Waals surface area contributed by atoms with Crippen molar-refractivity contribution in [2.24, 2.45) is 0 Å². The van der Waals surface area contributed by atoms with Crippen molar-refractivity contribution in [2.75, 3.05) is 12.4 Å². The summed E-state index contributed by atoms with van der Waals surface area (Å²) in [6, 6.07) is 15.7. The largest absolute Gasteiger partial charge is 0.496 e. The van der Waals surface area contributed by atoms with Gasteiger partial charge in [-0.3, -0.25) is 9.59 Å². The van der Waals surface area contributed by atoms with Gasteiger partial charge in [0.05, 0.1) is 23.3 Å². The number of para-hydroxylation sites is 1. The van der Waals surface area contributed by atoms with E-state index in [1.54, 1.807) is 48.5 Å². The zero-order chi connectivity index (χ0) is 19.4. The fraction of sp³-hybridized carbons (Fsp3) is 0.143. The van der Waals surface area contributed by atoms with Crippen molar-refractivity contribution in [3.05, 3.63) is 81.2 Å². The molecule has 1 heterocycles. The standard InChI is InChI=1S/C21H18ClNO3S/c1-3-13-12-16(19(24)14-8-4-6-10-17(14)22)21(27-13)23-20(25)15-9-5-7-11-18(15)26-2/h4-12H,3H2,1-2H3,(H,23,25). The Bertz CT molecular complexity index is 997. The van der Waals surface area contributed by atoms with Crippen LogP contribution in [0.25, 0.3) is 0 Å². The first kappa shape index (κ1) is 19.1. The second-order valence-corrected chi connectivity index (χ2v) is 7.32. The van der Waals surface area contributed by atoms with Crippen molar-refractivity contribution < 1.29 is 14.3 Å². The van der Waals surface area contributed by atoms with Crippen LogP contribution in [-0.4, -0.2) is 18.8 Å². The van der Waals surface area contributed by atoms with Gasteiger partial charge in [0.25, 0.3) is 5.91 Å². The number of anilines is 1. The summed E-state index contributed by atoms with van der Waals surface area (Å²) in [6.07, 6.45) is 0.762. The van der Waals surface area contributed by atoms with Gasteiger partial charge in [-0.15, -0.1) is 11.3 Å². The lowest BCUT2D eigenvalue weighted by atomic mass is 10.0. The summed E-state index contributed by atoms with van der Waals surface area (Å²) in [5, 5.41) is 3.75. The molecular formula is C21H18ClNO3S. The van der Waals surface area contributed by atoms with Gasteiger partial charge in [-0.1, -0.05) is 42.8 Å². The average Bonchev–Trinajstić information content (AvgIpc) is 3.10. The van der Waals surface area contributed by atoms with Crippen molar-refractivity contribution in [3.63, 3.8) is 0 Å². The first-order valence-corrected chi connectivity index (χ1v) is 9.61. The van der Waals surface area contributed by atoms with Gasteiger partial charge in [0, 0.05) is 10.4 Å². The number of ether oxygens (including phenoxy) is 1. The van der Waals surface area contributed by atoms with Gasteiger partial charge in [0.2, 0.25) is 0 Å². The third-order valence-corrected chi connectivity index (χ3v) is 5.60. The summed E-state index contributed by atoms with van der Waals surface area (Å²) in [6.45, 7) is 2.00. The number of thiophene rings is 1. The quantitative estimate of drug-likeness (QED) is 0.560. The van der Waals surface area contributed by atoms with Crippen LogP contribution in [0.5, 0.6) is 5.75 Å². The molecule has 0 unspecified atom stereocenters. The Morgan fingerprint density at radius 1 is 1.04 bits per heavy atom. The first-order chi connectivity index (χ1) is 13.0. The molecule has 0 saturated heterocycles. The fourth-order valence-electron chi connectivity index (χ4n) is 2.67. The number of methoxy groups -OCH3 is 1. The minimum atomic E-state index is -0.329. The number of hydrogen-bond donors (Lipinski definition) is 1. The predicted molar refractivity (Wildman–Crippen MR) is 110 cm³/mol. The van der Waals surface area contributed by atoms with Crippen LogP contribution in [0, 0.1) is 0 Å². The van der Waals surface area contributed by atoms with Crippen LogP contribution in [0.1, 0.15) is 38.1 Å². The van der Waals surface area contributed by atoms with Crippen LogP contribution in [0.3, 0.4) is 0 Å². The van der Waals surface area contributed by atoms with Crippen LogP contribution in [-0.2, 0) is 6.42 Å². The molecule has 0 bridgehead atoms. The number of carbonyl (C=O) groups is 2. The number of halogens is 1. The summed E-state index contributed by atoms with van der Waals surface area (Å²) in [4.78, 5) is 26.8. The van der Waals surface area contributed by atoms with E-state index in [2.05, 4.69) is 5.32 Å². The Kier molecular flexibility index (Phi) is 5.94. The Morgan fingerprint density at radius 3 is 2.37 bits per heavy atom. The SMILES string of the molecule is CCc1cc(C(=O)c2ccccc2Cl)c(NC(=O)c2ccccc2OC)s1. The van der Waals surface area contributed by atoms with Gasteiger partial charge in [0.1, 0.15) is 10.8 Å². The minimum absolute atomic E-state index is 0.216. The van der Waals surface area contributed by atoms with Gasteiger partial charge in [-0.25, -0.2) is 0 Å². The molecule has 0 saturated carbocycles. The number of carbonyl (C=O) groups excluding carboxylic acids is 2. The van der Waals surface area contributed by atoms with Crippen molar-refractivity contribution in [1.82, 2.24) is 0 Å². The van der Waals surface area contributed by atoms with Crippen LogP contribution in [0.4, 0.5) is 5.00 Å². The highest BCUT2D eigenvalue weighted by molar-refractivity contribution is 7.16. The molecule has 0 spiro atoms. The van der Waals surface area contributed by atoms with Gasteiger partial charge < -0.3 is 10.1 Å². The highest BCUT2D eigenvalue weighted by atomic mass is 35.5. The smallest absolute Gasteiger partial charge is 0.260 e. The molecule has 0 fully saturated rings. The van der Waals surface area contributed by atoms with Crippen LogP contribution in [0.2, 0.25) is 5.02 Å². The van der Waals surface area contributed by atoms with E-state index in [0.717, 1.165) is 11.3 Å². The lowest BCUT2D eigenvalue weighted by Gasteiger charge is -2.09. The second-order valence-electron chi connectivity index (χ2n) is 5.77. The summed E-state index contributed by atoms with van der Waals surface area (Å²) in [7, 11) is 1.51. The average molecular weight is 400 g/mol. The number of ketones is 1. The topological polar surface area (TPSA) is 55.4 Å². The number of nitrogens with one attached hydrogen (secondary N) is 1. The molecule has 0 radical (unpaired) electrons. The molecule has 2 aromatic carbocycles. The van der Waals surface area contributed by atoms with E-state index in [9.17, 15) is 9.59 Å². The van der Waals surface area contributed by atoms with Crippen molar-refractivity contribution in [1.29, 1.82) is 0 Å². The molecular weight excluding hydrogens is 382 g/mol. The Balaban J connectivity index is 1.97. The number of amides is 1. The molecule has 0 aliphatic rings. The van der Waals surface area contributed by atoms with E-state index in [0.29, 0.717) is 32.5 Å². The maximum Gasteiger partial charge on any atom is 0.260 e. The molecule has 3 rings (SSSR count). The Labute approximate surface area is 166 Å². The minimum Gasteiger partial charge on any atom is -0.496 e. The molecule has 4 nitrogen and oxygen atoms in total. The van der Waals surface area contributed by atoms with Crippen LogP contribution >= 0.6 is 22.9 Å². The zero-order valence-electron chi connectivity index (χ0n) is 14.9. The Hall–Kier alpha value is -2.63. The highest BCUT2D eigenvalue weighted by Gasteiger charge is 2.22. The van der Waals surface area contributed by atoms with E-state index >= 15 is 0 Å². The van der Waals surface area contributed by atoms with E-state index < -0.39 is 0 Å². The maximum atomic E-state index is 13.0. The number of aryl methyl sites for hydroxylation is 1. The predicted octanol–water partition coefficient (Wildman–Crippen LogP) is 5.46. The number of benzene rings is 2. The van der Waals surface area contributed by atoms with Crippen molar-refractivity contribution in [2.45, 2.75) is 13.3 Å². The number of hydrogen-bond acceptors (Lipinski definition) is 4. The zero-order valence-corrected chi connectivity index (χ0v) is 16.5. The van der Waals surface area contributed by atoms with Gasteiger partial charge in [0.15, 0.2) is 5.78 Å². The van der Waals surface area contributed by atoms with Crippen LogP contribution < -0.4 is 10.1 Å². The summed E-state index contributed by atoms with van der Waals surface area (Å²) in [5.41, 5.74) is 1.25. The molecule has 1 amide bonds. The normalized spacial score (nSPS) is 10.5.